The predicted octanol–water partition coefficient (Wildman–Crippen LogP) is 0.904. The van der Waals surface area contributed by atoms with Gasteiger partial charge in [0.1, 0.15) is 0 Å². The van der Waals surface area contributed by atoms with E-state index in [2.05, 4.69) is 27.7 Å². The number of hydrogen-bond acceptors (Lipinski definition) is 4. The van der Waals surface area contributed by atoms with Gasteiger partial charge < -0.3 is 20.4 Å². The highest BCUT2D eigenvalue weighted by molar-refractivity contribution is 5.86. The summed E-state index contributed by atoms with van der Waals surface area (Å²) in [6.45, 7) is 3.75. The molecule has 0 aliphatic carbocycles. The molecule has 0 unspecified atom stereocenters. The maximum absolute atomic E-state index is 12.1. The fourth-order valence-electron chi connectivity index (χ4n) is 2.47. The molecule has 0 aromatic heterocycles. The van der Waals surface area contributed by atoms with E-state index in [1.807, 2.05) is 23.1 Å². The summed E-state index contributed by atoms with van der Waals surface area (Å²) in [4.78, 5) is 27.7. The third-order valence-corrected chi connectivity index (χ3v) is 3.79. The van der Waals surface area contributed by atoms with Gasteiger partial charge in [0.05, 0.1) is 6.54 Å². The largest absolute Gasteiger partial charge is 0.368 e. The second-order valence-electron chi connectivity index (χ2n) is 5.33. The van der Waals surface area contributed by atoms with E-state index in [0.29, 0.717) is 26.1 Å². The Morgan fingerprint density at radius 1 is 1.04 bits per heavy atom. The van der Waals surface area contributed by atoms with Gasteiger partial charge in [-0.1, -0.05) is 18.2 Å². The van der Waals surface area contributed by atoms with Crippen LogP contribution in [0.4, 0.5) is 5.69 Å². The molecule has 2 rings (SSSR count). The van der Waals surface area contributed by atoms with Crippen LogP contribution < -0.4 is 15.5 Å². The summed E-state index contributed by atoms with van der Waals surface area (Å²) >= 11 is 0. The fourth-order valence-corrected chi connectivity index (χ4v) is 2.47. The molecule has 0 radical (unpaired) electrons. The van der Waals surface area contributed by atoms with E-state index < -0.39 is 0 Å². The van der Waals surface area contributed by atoms with Crippen LogP contribution in [-0.2, 0) is 9.59 Å². The van der Waals surface area contributed by atoms with Gasteiger partial charge in [-0.05, 0) is 19.2 Å². The van der Waals surface area contributed by atoms with Gasteiger partial charge in [-0.15, -0.1) is 24.8 Å². The first-order valence-electron chi connectivity index (χ1n) is 7.70. The van der Waals surface area contributed by atoms with Gasteiger partial charge in [0.25, 0.3) is 0 Å². The number of para-hydroxylation sites is 1. The van der Waals surface area contributed by atoms with Gasteiger partial charge in [0, 0.05) is 44.8 Å². The van der Waals surface area contributed by atoms with E-state index in [-0.39, 0.29) is 43.2 Å². The highest BCUT2D eigenvalue weighted by Crippen LogP contribution is 2.15. The van der Waals surface area contributed by atoms with Gasteiger partial charge in [0.15, 0.2) is 0 Å². The summed E-state index contributed by atoms with van der Waals surface area (Å²) in [7, 11) is 1.80. The third-order valence-electron chi connectivity index (χ3n) is 3.79. The van der Waals surface area contributed by atoms with Crippen molar-refractivity contribution in [3.63, 3.8) is 0 Å². The van der Waals surface area contributed by atoms with Crippen molar-refractivity contribution in [2.75, 3.05) is 51.2 Å². The van der Waals surface area contributed by atoms with Crippen molar-refractivity contribution in [3.8, 4) is 0 Å². The van der Waals surface area contributed by atoms with Crippen LogP contribution in [0.1, 0.15) is 6.42 Å². The molecule has 6 nitrogen and oxygen atoms in total. The van der Waals surface area contributed by atoms with Crippen LogP contribution in [0.15, 0.2) is 30.3 Å². The van der Waals surface area contributed by atoms with Crippen molar-refractivity contribution in [3.05, 3.63) is 30.3 Å². The number of benzene rings is 1. The number of hydrogen-bond donors (Lipinski definition) is 2. The van der Waals surface area contributed by atoms with Crippen LogP contribution in [0, 0.1) is 0 Å². The molecule has 1 aliphatic heterocycles. The summed E-state index contributed by atoms with van der Waals surface area (Å²) in [6.07, 6.45) is 0.394. The number of halogens is 2. The van der Waals surface area contributed by atoms with Crippen LogP contribution in [0.25, 0.3) is 0 Å². The molecule has 24 heavy (non-hydrogen) atoms. The Morgan fingerprint density at radius 3 is 2.25 bits per heavy atom. The molecule has 2 amide bonds. The molecule has 0 atom stereocenters. The number of rotatable bonds is 6. The molecule has 1 saturated heterocycles. The Kier molecular flexibility index (Phi) is 11.2. The first-order chi connectivity index (χ1) is 10.7. The minimum absolute atomic E-state index is 0. The van der Waals surface area contributed by atoms with Crippen molar-refractivity contribution in [2.24, 2.45) is 0 Å². The van der Waals surface area contributed by atoms with E-state index >= 15 is 0 Å². The van der Waals surface area contributed by atoms with Crippen molar-refractivity contribution in [2.45, 2.75) is 6.42 Å². The highest BCUT2D eigenvalue weighted by Gasteiger charge is 2.21. The monoisotopic (exact) mass is 376 g/mol. The summed E-state index contributed by atoms with van der Waals surface area (Å²) in [5.41, 5.74) is 1.19. The Bertz CT molecular complexity index is 494. The van der Waals surface area contributed by atoms with Crippen LogP contribution in [0.5, 0.6) is 0 Å². The van der Waals surface area contributed by atoms with Crippen LogP contribution >= 0.6 is 24.8 Å². The summed E-state index contributed by atoms with van der Waals surface area (Å²) in [6, 6.07) is 10.2. The SMILES string of the molecule is CNCCC(=O)NCC(=O)N1CCN(c2ccccc2)CC1.Cl.Cl. The minimum atomic E-state index is -0.0920. The number of nitrogens with one attached hydrogen (secondary N) is 2. The number of carbonyl (C=O) groups excluding carboxylic acids is 2. The standard InChI is InChI=1S/C16H24N4O2.2ClH/c1-17-8-7-15(21)18-13-16(22)20-11-9-19(10-12-20)14-5-3-2-4-6-14;;/h2-6,17H,7-13H2,1H3,(H,18,21);2*1H. The molecule has 136 valence electrons. The number of anilines is 1. The summed E-state index contributed by atoms with van der Waals surface area (Å²) < 4.78 is 0. The molecule has 2 N–H and O–H groups in total. The van der Waals surface area contributed by atoms with Crippen molar-refractivity contribution in [1.82, 2.24) is 15.5 Å². The molecule has 8 heteroatoms. The fraction of sp³-hybridized carbons (Fsp3) is 0.500. The Balaban J connectivity index is 0.00000264. The molecule has 0 spiro atoms. The smallest absolute Gasteiger partial charge is 0.242 e. The quantitative estimate of drug-likeness (QED) is 0.774. The molecular formula is C16H26Cl2N4O2. The third kappa shape index (κ3) is 6.95. The Hall–Kier alpha value is -1.50. The van der Waals surface area contributed by atoms with Crippen LogP contribution in [0.3, 0.4) is 0 Å². The summed E-state index contributed by atoms with van der Waals surface area (Å²) in [5, 5.41) is 5.58. The van der Waals surface area contributed by atoms with E-state index in [1.54, 1.807) is 7.05 Å². The molecule has 0 saturated carbocycles. The molecular weight excluding hydrogens is 351 g/mol. The topological polar surface area (TPSA) is 64.7 Å². The number of nitrogens with zero attached hydrogens (tertiary/aromatic N) is 2. The number of amides is 2. The summed E-state index contributed by atoms with van der Waals surface area (Å²) in [5.74, 6) is -0.101. The minimum Gasteiger partial charge on any atom is -0.368 e. The lowest BCUT2D eigenvalue weighted by atomic mass is 10.2. The average Bonchev–Trinajstić information content (AvgIpc) is 2.58. The first-order valence-corrected chi connectivity index (χ1v) is 7.70. The zero-order chi connectivity index (χ0) is 15.8. The van der Waals surface area contributed by atoms with E-state index in [9.17, 15) is 9.59 Å². The van der Waals surface area contributed by atoms with Gasteiger partial charge in [-0.2, -0.15) is 0 Å². The second-order valence-corrected chi connectivity index (χ2v) is 5.33. The predicted molar refractivity (Wildman–Crippen MR) is 101 cm³/mol. The van der Waals surface area contributed by atoms with Crippen molar-refractivity contribution >= 4 is 42.3 Å². The zero-order valence-corrected chi connectivity index (χ0v) is 15.5. The Morgan fingerprint density at radius 2 is 1.67 bits per heavy atom. The Labute approximate surface area is 155 Å². The maximum atomic E-state index is 12.1. The van der Waals surface area contributed by atoms with E-state index in [4.69, 9.17) is 0 Å². The molecule has 1 aromatic rings. The number of carbonyl (C=O) groups is 2. The molecule has 1 aromatic carbocycles. The zero-order valence-electron chi connectivity index (χ0n) is 13.9. The van der Waals surface area contributed by atoms with E-state index in [1.165, 1.54) is 5.69 Å². The van der Waals surface area contributed by atoms with Crippen molar-refractivity contribution in [1.29, 1.82) is 0 Å². The van der Waals surface area contributed by atoms with Crippen LogP contribution in [0.2, 0.25) is 0 Å². The molecule has 1 heterocycles. The molecule has 1 fully saturated rings. The van der Waals surface area contributed by atoms with Crippen molar-refractivity contribution < 1.29 is 9.59 Å². The van der Waals surface area contributed by atoms with Gasteiger partial charge in [-0.25, -0.2) is 0 Å². The normalized spacial score (nSPS) is 13.5. The lowest BCUT2D eigenvalue weighted by Crippen LogP contribution is -2.51. The van der Waals surface area contributed by atoms with Gasteiger partial charge >= 0.3 is 0 Å². The van der Waals surface area contributed by atoms with Gasteiger partial charge in [0.2, 0.25) is 11.8 Å². The lowest BCUT2D eigenvalue weighted by Gasteiger charge is -2.36. The highest BCUT2D eigenvalue weighted by atomic mass is 35.5. The second kappa shape index (κ2) is 11.9. The first kappa shape index (κ1) is 22.5. The molecule has 0 bridgehead atoms. The molecule has 1 aliphatic rings. The van der Waals surface area contributed by atoms with E-state index in [0.717, 1.165) is 13.1 Å². The average molecular weight is 377 g/mol. The number of piperazine rings is 1. The maximum Gasteiger partial charge on any atom is 0.242 e. The van der Waals surface area contributed by atoms with Gasteiger partial charge in [-0.3, -0.25) is 9.59 Å². The van der Waals surface area contributed by atoms with Crippen LogP contribution in [-0.4, -0.2) is 63.0 Å². The lowest BCUT2D eigenvalue weighted by molar-refractivity contribution is -0.133.